The van der Waals surface area contributed by atoms with Gasteiger partial charge in [0.25, 0.3) is 0 Å². The van der Waals surface area contributed by atoms with E-state index in [1.807, 2.05) is 0 Å². The highest BCUT2D eigenvalue weighted by Gasteiger charge is 2.52. The van der Waals surface area contributed by atoms with Crippen LogP contribution in [-0.4, -0.2) is 83.8 Å². The monoisotopic (exact) mass is 466 g/mol. The highest BCUT2D eigenvalue weighted by atomic mass is 16.6. The topological polar surface area (TPSA) is 224 Å². The summed E-state index contributed by atoms with van der Waals surface area (Å²) >= 11 is 0. The number of hydrogen-bond donors (Lipinski definition) is 8. The van der Waals surface area contributed by atoms with Crippen molar-refractivity contribution in [2.24, 2.45) is 0 Å². The van der Waals surface area contributed by atoms with Gasteiger partial charge in [0, 0.05) is 5.56 Å². The molecule has 0 aliphatic carbocycles. The highest BCUT2D eigenvalue weighted by Crippen LogP contribution is 2.49. The summed E-state index contributed by atoms with van der Waals surface area (Å²) in [5, 5.41) is 79.0. The number of aromatic hydroxyl groups is 6. The summed E-state index contributed by atoms with van der Waals surface area (Å²) in [6.07, 6.45) is -7.78. The molecule has 8 N–H and O–H groups in total. The second kappa shape index (κ2) is 7.88. The Morgan fingerprint density at radius 3 is 2.12 bits per heavy atom. The number of aliphatic hydroxyl groups is 2. The number of fused-ring (bicyclic) bond motifs is 3. The summed E-state index contributed by atoms with van der Waals surface area (Å²) in [7, 11) is 0. The van der Waals surface area contributed by atoms with Crippen molar-refractivity contribution in [1.82, 2.24) is 0 Å². The lowest BCUT2D eigenvalue weighted by Gasteiger charge is -2.44. The number of carbonyl (C=O) groups is 2. The van der Waals surface area contributed by atoms with Gasteiger partial charge < -0.3 is 55.1 Å². The lowest BCUT2D eigenvalue weighted by atomic mass is 9.86. The van der Waals surface area contributed by atoms with Gasteiger partial charge in [-0.3, -0.25) is 0 Å². The quantitative estimate of drug-likeness (QED) is 0.211. The van der Waals surface area contributed by atoms with Crippen molar-refractivity contribution in [3.8, 4) is 34.5 Å². The molecule has 2 heterocycles. The van der Waals surface area contributed by atoms with Crippen LogP contribution in [0.4, 0.5) is 0 Å². The molecule has 176 valence electrons. The Bertz CT molecular complexity index is 1120. The SMILES string of the molecule is O=C(OC[C@H]1O[C@@H]2c3c(cc(O)c(O)c3O)C(=O)O[C@H]2[C@@H](O)[C@@H]1O)c1cc(O)c(O)c(O)c1. The number of rotatable bonds is 3. The average molecular weight is 466 g/mol. The molecule has 0 aromatic heterocycles. The van der Waals surface area contributed by atoms with Crippen molar-refractivity contribution >= 4 is 11.9 Å². The largest absolute Gasteiger partial charge is 0.504 e. The molecule has 0 amide bonds. The van der Waals surface area contributed by atoms with Gasteiger partial charge >= 0.3 is 11.9 Å². The van der Waals surface area contributed by atoms with Crippen molar-refractivity contribution in [1.29, 1.82) is 0 Å². The van der Waals surface area contributed by atoms with Crippen LogP contribution in [0.3, 0.4) is 0 Å². The summed E-state index contributed by atoms with van der Waals surface area (Å²) in [5.41, 5.74) is -0.998. The van der Waals surface area contributed by atoms with Crippen LogP contribution < -0.4 is 0 Å². The number of phenolic OH excluding ortho intramolecular Hbond substituents is 6. The molecule has 2 aliphatic heterocycles. The molecule has 2 aliphatic rings. The molecule has 0 unspecified atom stereocenters. The van der Waals surface area contributed by atoms with E-state index >= 15 is 0 Å². The third kappa shape index (κ3) is 3.57. The molecule has 0 saturated carbocycles. The van der Waals surface area contributed by atoms with E-state index < -0.39 is 83.6 Å². The number of benzene rings is 2. The molecular weight excluding hydrogens is 448 g/mol. The molecule has 1 fully saturated rings. The van der Waals surface area contributed by atoms with Crippen molar-refractivity contribution in [3.05, 3.63) is 34.9 Å². The lowest BCUT2D eigenvalue weighted by molar-refractivity contribution is -0.235. The first-order valence-corrected chi connectivity index (χ1v) is 9.43. The Morgan fingerprint density at radius 2 is 1.48 bits per heavy atom. The molecule has 2 aromatic carbocycles. The minimum absolute atomic E-state index is 0.304. The fourth-order valence-corrected chi connectivity index (χ4v) is 3.71. The molecule has 2 aromatic rings. The standard InChI is InChI=1S/C20H18O13/c21-7-1-5(2-8(22)12(7)24)19(29)31-4-10-14(26)16(28)18-17(32-10)11-6(20(30)33-18)3-9(23)13(25)15(11)27/h1-3,10,14,16-18,21-28H,4H2/t10-,14-,16+,17-,18+/m1/s1. The van der Waals surface area contributed by atoms with E-state index in [0.29, 0.717) is 0 Å². The fourth-order valence-electron chi connectivity index (χ4n) is 3.71. The van der Waals surface area contributed by atoms with Gasteiger partial charge in [0.1, 0.15) is 31.0 Å². The number of carbonyl (C=O) groups excluding carboxylic acids is 2. The first-order valence-electron chi connectivity index (χ1n) is 9.43. The number of ether oxygens (including phenoxy) is 3. The van der Waals surface area contributed by atoms with Crippen LogP contribution in [0.1, 0.15) is 32.4 Å². The molecule has 13 nitrogen and oxygen atoms in total. The van der Waals surface area contributed by atoms with Crippen LogP contribution in [0.2, 0.25) is 0 Å². The number of aliphatic hydroxyl groups excluding tert-OH is 2. The normalized spacial score (nSPS) is 26.1. The van der Waals surface area contributed by atoms with Crippen LogP contribution in [0, 0.1) is 0 Å². The van der Waals surface area contributed by atoms with E-state index in [0.717, 1.165) is 18.2 Å². The van der Waals surface area contributed by atoms with Crippen LogP contribution in [-0.2, 0) is 14.2 Å². The summed E-state index contributed by atoms with van der Waals surface area (Å²) in [6.45, 7) is -0.670. The minimum atomic E-state index is -1.75. The Labute approximate surface area is 183 Å². The zero-order valence-corrected chi connectivity index (χ0v) is 16.4. The average Bonchev–Trinajstić information content (AvgIpc) is 2.77. The van der Waals surface area contributed by atoms with Gasteiger partial charge in [-0.2, -0.15) is 0 Å². The van der Waals surface area contributed by atoms with Crippen molar-refractivity contribution in [2.75, 3.05) is 6.61 Å². The highest BCUT2D eigenvalue weighted by molar-refractivity contribution is 5.95. The second-order valence-electron chi connectivity index (χ2n) is 7.46. The van der Waals surface area contributed by atoms with Gasteiger partial charge in [0.2, 0.25) is 5.75 Å². The third-order valence-corrected chi connectivity index (χ3v) is 5.41. The zero-order chi connectivity index (χ0) is 24.2. The van der Waals surface area contributed by atoms with Crippen LogP contribution >= 0.6 is 0 Å². The molecule has 0 radical (unpaired) electrons. The first kappa shape index (κ1) is 22.3. The predicted molar refractivity (Wildman–Crippen MR) is 102 cm³/mol. The zero-order valence-electron chi connectivity index (χ0n) is 16.4. The molecular formula is C20H18O13. The third-order valence-electron chi connectivity index (χ3n) is 5.41. The summed E-state index contributed by atoms with van der Waals surface area (Å²) in [6, 6.07) is 2.48. The summed E-state index contributed by atoms with van der Waals surface area (Å²) in [5.74, 6) is -7.19. The maximum atomic E-state index is 12.3. The Kier molecular flexibility index (Phi) is 5.32. The Balaban J connectivity index is 1.58. The van der Waals surface area contributed by atoms with Gasteiger partial charge in [-0.25, -0.2) is 9.59 Å². The van der Waals surface area contributed by atoms with Gasteiger partial charge in [-0.05, 0) is 18.2 Å². The second-order valence-corrected chi connectivity index (χ2v) is 7.46. The van der Waals surface area contributed by atoms with E-state index in [4.69, 9.17) is 14.2 Å². The fraction of sp³-hybridized carbons (Fsp3) is 0.300. The van der Waals surface area contributed by atoms with E-state index in [-0.39, 0.29) is 16.7 Å². The van der Waals surface area contributed by atoms with Gasteiger partial charge in [0.15, 0.2) is 34.9 Å². The number of hydrogen-bond acceptors (Lipinski definition) is 13. The molecule has 0 bridgehead atoms. The minimum Gasteiger partial charge on any atom is -0.504 e. The summed E-state index contributed by atoms with van der Waals surface area (Å²) < 4.78 is 15.7. The first-order chi connectivity index (χ1) is 15.5. The smallest absolute Gasteiger partial charge is 0.339 e. The molecule has 33 heavy (non-hydrogen) atoms. The predicted octanol–water partition coefficient (Wildman–Crippen LogP) is -0.522. The Morgan fingerprint density at radius 1 is 0.879 bits per heavy atom. The van der Waals surface area contributed by atoms with E-state index in [9.17, 15) is 50.4 Å². The van der Waals surface area contributed by atoms with Gasteiger partial charge in [0.05, 0.1) is 11.1 Å². The molecule has 13 heteroatoms. The van der Waals surface area contributed by atoms with Gasteiger partial charge in [-0.15, -0.1) is 0 Å². The number of esters is 2. The molecule has 0 spiro atoms. The van der Waals surface area contributed by atoms with E-state index in [1.165, 1.54) is 0 Å². The molecule has 1 saturated heterocycles. The van der Waals surface area contributed by atoms with E-state index in [2.05, 4.69) is 0 Å². The molecule has 5 atom stereocenters. The van der Waals surface area contributed by atoms with Crippen LogP contribution in [0.25, 0.3) is 0 Å². The van der Waals surface area contributed by atoms with Crippen molar-refractivity contribution in [3.63, 3.8) is 0 Å². The van der Waals surface area contributed by atoms with Crippen LogP contribution in [0.15, 0.2) is 18.2 Å². The maximum absolute atomic E-state index is 12.3. The summed E-state index contributed by atoms with van der Waals surface area (Å²) in [4.78, 5) is 24.5. The number of phenols is 6. The maximum Gasteiger partial charge on any atom is 0.339 e. The lowest BCUT2D eigenvalue weighted by Crippen LogP contribution is -2.58. The van der Waals surface area contributed by atoms with E-state index in [1.54, 1.807) is 0 Å². The van der Waals surface area contributed by atoms with Crippen molar-refractivity contribution in [2.45, 2.75) is 30.5 Å². The molecule has 4 rings (SSSR count). The van der Waals surface area contributed by atoms with Crippen molar-refractivity contribution < 1.29 is 64.7 Å². The van der Waals surface area contributed by atoms with Gasteiger partial charge in [-0.1, -0.05) is 0 Å². The Hall–Kier alpha value is -3.94. The van der Waals surface area contributed by atoms with Crippen LogP contribution in [0.5, 0.6) is 34.5 Å².